The number of anilines is 1. The van der Waals surface area contributed by atoms with Gasteiger partial charge in [0.05, 0.1) is 7.11 Å². The van der Waals surface area contributed by atoms with Crippen molar-refractivity contribution < 1.29 is 9.53 Å². The van der Waals surface area contributed by atoms with Gasteiger partial charge < -0.3 is 14.5 Å². The SMILES string of the molecule is COc1ccc(C(=O)N2CCN(c3ccc(N=[N+]=[N-])cc3)CC2)cc1. The van der Waals surface area contributed by atoms with Crippen molar-refractivity contribution in [3.8, 4) is 5.75 Å². The molecule has 0 N–H and O–H groups in total. The molecule has 2 aromatic carbocycles. The highest BCUT2D eigenvalue weighted by molar-refractivity contribution is 5.94. The molecule has 128 valence electrons. The molecule has 0 unspecified atom stereocenters. The summed E-state index contributed by atoms with van der Waals surface area (Å²) in [7, 11) is 1.61. The molecular formula is C18H19N5O2. The van der Waals surface area contributed by atoms with Gasteiger partial charge in [-0.1, -0.05) is 17.2 Å². The fraction of sp³-hybridized carbons (Fsp3) is 0.278. The molecule has 0 bridgehead atoms. The van der Waals surface area contributed by atoms with Gasteiger partial charge in [0.1, 0.15) is 5.75 Å². The van der Waals surface area contributed by atoms with Gasteiger partial charge in [0.15, 0.2) is 0 Å². The predicted molar refractivity (Wildman–Crippen MR) is 96.4 cm³/mol. The number of benzene rings is 2. The first-order valence-electron chi connectivity index (χ1n) is 8.04. The first kappa shape index (κ1) is 16.7. The van der Waals surface area contributed by atoms with Crippen molar-refractivity contribution in [2.45, 2.75) is 0 Å². The van der Waals surface area contributed by atoms with Gasteiger partial charge in [0.2, 0.25) is 0 Å². The van der Waals surface area contributed by atoms with E-state index in [1.54, 1.807) is 43.5 Å². The number of hydrogen-bond donors (Lipinski definition) is 0. The van der Waals surface area contributed by atoms with E-state index < -0.39 is 0 Å². The minimum Gasteiger partial charge on any atom is -0.497 e. The Labute approximate surface area is 146 Å². The van der Waals surface area contributed by atoms with Crippen LogP contribution in [0.2, 0.25) is 0 Å². The quantitative estimate of drug-likeness (QED) is 0.485. The second kappa shape index (κ2) is 7.59. The lowest BCUT2D eigenvalue weighted by molar-refractivity contribution is 0.0747. The molecule has 2 aromatic rings. The molecule has 7 nitrogen and oxygen atoms in total. The van der Waals surface area contributed by atoms with Crippen LogP contribution in [0, 0.1) is 0 Å². The number of ether oxygens (including phenoxy) is 1. The summed E-state index contributed by atoms with van der Waals surface area (Å²) in [5, 5.41) is 3.57. The number of piperazine rings is 1. The van der Waals surface area contributed by atoms with Crippen LogP contribution in [0.3, 0.4) is 0 Å². The van der Waals surface area contributed by atoms with Gasteiger partial charge in [-0.2, -0.15) is 0 Å². The number of methoxy groups -OCH3 is 1. The lowest BCUT2D eigenvalue weighted by atomic mass is 10.1. The number of nitrogens with zero attached hydrogens (tertiary/aromatic N) is 5. The first-order valence-corrected chi connectivity index (χ1v) is 8.04. The Morgan fingerprint density at radius 3 is 2.24 bits per heavy atom. The lowest BCUT2D eigenvalue weighted by Crippen LogP contribution is -2.48. The van der Waals surface area contributed by atoms with E-state index >= 15 is 0 Å². The molecular weight excluding hydrogens is 318 g/mol. The van der Waals surface area contributed by atoms with Crippen molar-refractivity contribution >= 4 is 17.3 Å². The van der Waals surface area contributed by atoms with Crippen LogP contribution in [-0.2, 0) is 0 Å². The van der Waals surface area contributed by atoms with E-state index in [4.69, 9.17) is 10.3 Å². The normalized spacial score (nSPS) is 14.0. The Morgan fingerprint density at radius 2 is 1.68 bits per heavy atom. The molecule has 25 heavy (non-hydrogen) atoms. The summed E-state index contributed by atoms with van der Waals surface area (Å²) in [4.78, 5) is 19.4. The first-order chi connectivity index (χ1) is 12.2. The number of rotatable bonds is 4. The maximum absolute atomic E-state index is 12.6. The Kier molecular flexibility index (Phi) is 5.06. The average Bonchev–Trinajstić information content (AvgIpc) is 2.68. The van der Waals surface area contributed by atoms with Crippen molar-refractivity contribution in [3.63, 3.8) is 0 Å². The molecule has 1 heterocycles. The van der Waals surface area contributed by atoms with E-state index in [1.165, 1.54) is 0 Å². The number of azide groups is 1. The molecule has 1 amide bonds. The van der Waals surface area contributed by atoms with E-state index in [-0.39, 0.29) is 5.91 Å². The molecule has 0 atom stereocenters. The van der Waals surface area contributed by atoms with Crippen LogP contribution in [0.1, 0.15) is 10.4 Å². The predicted octanol–water partition coefficient (Wildman–Crippen LogP) is 3.60. The van der Waals surface area contributed by atoms with Crippen LogP contribution in [0.5, 0.6) is 5.75 Å². The molecule has 0 radical (unpaired) electrons. The van der Waals surface area contributed by atoms with E-state index in [0.29, 0.717) is 24.3 Å². The highest BCUT2D eigenvalue weighted by atomic mass is 16.5. The van der Waals surface area contributed by atoms with Gasteiger partial charge in [0, 0.05) is 48.0 Å². The van der Waals surface area contributed by atoms with Crippen molar-refractivity contribution in [1.29, 1.82) is 0 Å². The van der Waals surface area contributed by atoms with Crippen LogP contribution >= 0.6 is 0 Å². The third-order valence-electron chi connectivity index (χ3n) is 4.28. The van der Waals surface area contributed by atoms with Gasteiger partial charge in [-0.05, 0) is 41.9 Å². The van der Waals surface area contributed by atoms with E-state index in [9.17, 15) is 4.79 Å². The topological polar surface area (TPSA) is 81.5 Å². The zero-order chi connectivity index (χ0) is 17.6. The Bertz CT molecular complexity index is 774. The lowest BCUT2D eigenvalue weighted by Gasteiger charge is -2.36. The van der Waals surface area contributed by atoms with Crippen LogP contribution in [0.25, 0.3) is 10.4 Å². The van der Waals surface area contributed by atoms with Crippen LogP contribution < -0.4 is 9.64 Å². The van der Waals surface area contributed by atoms with Crippen molar-refractivity contribution in [3.05, 3.63) is 64.5 Å². The molecule has 3 rings (SSSR count). The minimum atomic E-state index is 0.0426. The highest BCUT2D eigenvalue weighted by Crippen LogP contribution is 2.22. The molecule has 1 aliphatic heterocycles. The third kappa shape index (κ3) is 3.84. The second-order valence-corrected chi connectivity index (χ2v) is 5.71. The monoisotopic (exact) mass is 337 g/mol. The van der Waals surface area contributed by atoms with Crippen LogP contribution in [-0.4, -0.2) is 44.1 Å². The fourth-order valence-electron chi connectivity index (χ4n) is 2.87. The molecule has 0 saturated carbocycles. The third-order valence-corrected chi connectivity index (χ3v) is 4.28. The Morgan fingerprint density at radius 1 is 1.04 bits per heavy atom. The number of carbonyl (C=O) groups is 1. The summed E-state index contributed by atoms with van der Waals surface area (Å²) in [5.74, 6) is 0.784. The maximum Gasteiger partial charge on any atom is 0.253 e. The second-order valence-electron chi connectivity index (χ2n) is 5.71. The van der Waals surface area contributed by atoms with E-state index in [1.807, 2.05) is 17.0 Å². The van der Waals surface area contributed by atoms with Crippen molar-refractivity contribution in [2.75, 3.05) is 38.2 Å². The number of carbonyl (C=O) groups excluding carboxylic acids is 1. The van der Waals surface area contributed by atoms with Gasteiger partial charge >= 0.3 is 0 Å². The molecule has 1 aliphatic rings. The fourth-order valence-corrected chi connectivity index (χ4v) is 2.87. The maximum atomic E-state index is 12.6. The Balaban J connectivity index is 1.60. The van der Waals surface area contributed by atoms with Crippen molar-refractivity contribution in [2.24, 2.45) is 5.11 Å². The standard InChI is InChI=1S/C18H19N5O2/c1-25-17-8-2-14(3-9-17)18(24)23-12-10-22(11-13-23)16-6-4-15(5-7-16)20-21-19/h2-9H,10-13H2,1H3. The van der Waals surface area contributed by atoms with E-state index in [0.717, 1.165) is 24.5 Å². The molecule has 1 fully saturated rings. The molecule has 0 aliphatic carbocycles. The average molecular weight is 337 g/mol. The van der Waals surface area contributed by atoms with E-state index in [2.05, 4.69) is 14.9 Å². The number of amides is 1. The number of hydrogen-bond acceptors (Lipinski definition) is 4. The highest BCUT2D eigenvalue weighted by Gasteiger charge is 2.22. The summed E-state index contributed by atoms with van der Waals surface area (Å²) in [6.45, 7) is 2.87. The summed E-state index contributed by atoms with van der Waals surface area (Å²) >= 11 is 0. The minimum absolute atomic E-state index is 0.0426. The molecule has 0 spiro atoms. The summed E-state index contributed by atoms with van der Waals surface area (Å²) in [6.07, 6.45) is 0. The van der Waals surface area contributed by atoms with Crippen LogP contribution in [0.15, 0.2) is 53.6 Å². The molecule has 7 heteroatoms. The van der Waals surface area contributed by atoms with Crippen LogP contribution in [0.4, 0.5) is 11.4 Å². The van der Waals surface area contributed by atoms with Crippen molar-refractivity contribution in [1.82, 2.24) is 4.90 Å². The zero-order valence-electron chi connectivity index (χ0n) is 14.0. The summed E-state index contributed by atoms with van der Waals surface area (Å²) in [6, 6.07) is 14.7. The largest absolute Gasteiger partial charge is 0.497 e. The van der Waals surface area contributed by atoms with Gasteiger partial charge in [-0.3, -0.25) is 4.79 Å². The molecule has 0 aromatic heterocycles. The smallest absolute Gasteiger partial charge is 0.253 e. The molecule has 1 saturated heterocycles. The summed E-state index contributed by atoms with van der Waals surface area (Å²) < 4.78 is 5.12. The Hall–Kier alpha value is -3.18. The zero-order valence-corrected chi connectivity index (χ0v) is 14.0. The van der Waals surface area contributed by atoms with Gasteiger partial charge in [-0.15, -0.1) is 0 Å². The van der Waals surface area contributed by atoms with Gasteiger partial charge in [0.25, 0.3) is 5.91 Å². The summed E-state index contributed by atoms with van der Waals surface area (Å²) in [5.41, 5.74) is 10.8. The van der Waals surface area contributed by atoms with Gasteiger partial charge in [-0.25, -0.2) is 0 Å².